The normalized spacial score (nSPS) is 17.8. The van der Waals surface area contributed by atoms with Crippen LogP contribution in [0.3, 0.4) is 0 Å². The third-order valence-electron chi connectivity index (χ3n) is 4.23. The Kier molecular flexibility index (Phi) is 5.97. The number of urea groups is 1. The van der Waals surface area contributed by atoms with Gasteiger partial charge in [0.25, 0.3) is 5.91 Å². The summed E-state index contributed by atoms with van der Waals surface area (Å²) in [5.41, 5.74) is 0.596. The average Bonchev–Trinajstić information content (AvgIpc) is 3.07. The minimum atomic E-state index is -0.743. The highest BCUT2D eigenvalue weighted by molar-refractivity contribution is 6.00. The number of nitrogens with zero attached hydrogens (tertiary/aromatic N) is 1. The molecule has 4 amide bonds. The molecule has 0 bridgehead atoms. The molecule has 0 radical (unpaired) electrons. The minimum Gasteiger partial charge on any atom is -0.486 e. The quantitative estimate of drug-likeness (QED) is 0.687. The van der Waals surface area contributed by atoms with E-state index in [0.717, 1.165) is 0 Å². The van der Waals surface area contributed by atoms with Crippen molar-refractivity contribution in [2.24, 2.45) is 5.92 Å². The predicted octanol–water partition coefficient (Wildman–Crippen LogP) is 0.200. The fraction of sp³-hybridized carbons (Fsp3) is 0.444. The van der Waals surface area contributed by atoms with Gasteiger partial charge in [-0.3, -0.25) is 19.7 Å². The smallest absolute Gasteiger partial charge is 0.321 e. The lowest BCUT2D eigenvalue weighted by Gasteiger charge is -2.22. The van der Waals surface area contributed by atoms with Gasteiger partial charge in [-0.15, -0.1) is 0 Å². The van der Waals surface area contributed by atoms with Crippen molar-refractivity contribution < 1.29 is 33.4 Å². The molecule has 1 fully saturated rings. The van der Waals surface area contributed by atoms with Crippen LogP contribution >= 0.6 is 0 Å². The van der Waals surface area contributed by atoms with Gasteiger partial charge in [-0.2, -0.15) is 0 Å². The van der Waals surface area contributed by atoms with Crippen molar-refractivity contribution in [3.8, 4) is 11.5 Å². The molecule has 2 aliphatic heterocycles. The van der Waals surface area contributed by atoms with Crippen LogP contribution in [0, 0.1) is 5.92 Å². The number of rotatable bonds is 5. The Morgan fingerprint density at radius 1 is 1.21 bits per heavy atom. The van der Waals surface area contributed by atoms with E-state index in [4.69, 9.17) is 14.2 Å². The molecule has 1 saturated heterocycles. The first kappa shape index (κ1) is 19.5. The van der Waals surface area contributed by atoms with Crippen LogP contribution in [-0.2, 0) is 19.1 Å². The van der Waals surface area contributed by atoms with Crippen LogP contribution in [0.15, 0.2) is 18.2 Å². The number of nitrogens with one attached hydrogen (secondary N) is 2. The van der Waals surface area contributed by atoms with Crippen molar-refractivity contribution in [1.82, 2.24) is 10.6 Å². The molecule has 3 rings (SSSR count). The number of carbonyl (C=O) groups excluding carboxylic acids is 4. The second kappa shape index (κ2) is 8.59. The van der Waals surface area contributed by atoms with Crippen molar-refractivity contribution in [1.29, 1.82) is 0 Å². The summed E-state index contributed by atoms with van der Waals surface area (Å²) < 4.78 is 15.9. The molecule has 10 heteroatoms. The van der Waals surface area contributed by atoms with Crippen molar-refractivity contribution in [3.63, 3.8) is 0 Å². The number of benzene rings is 1. The van der Waals surface area contributed by atoms with Crippen molar-refractivity contribution in [2.75, 3.05) is 37.8 Å². The third kappa shape index (κ3) is 4.51. The molecule has 10 nitrogen and oxygen atoms in total. The Labute approximate surface area is 161 Å². The second-order valence-corrected chi connectivity index (χ2v) is 6.25. The maximum absolute atomic E-state index is 12.3. The zero-order valence-electron chi connectivity index (χ0n) is 15.4. The molecule has 1 aromatic rings. The number of fused-ring (bicyclic) bond motifs is 1. The molecule has 0 saturated carbocycles. The van der Waals surface area contributed by atoms with Crippen LogP contribution < -0.4 is 25.0 Å². The van der Waals surface area contributed by atoms with Gasteiger partial charge in [0.05, 0.1) is 5.92 Å². The molecule has 0 aliphatic carbocycles. The maximum Gasteiger partial charge on any atom is 0.321 e. The second-order valence-electron chi connectivity index (χ2n) is 6.25. The summed E-state index contributed by atoms with van der Waals surface area (Å²) in [4.78, 5) is 48.8. The molecule has 2 N–H and O–H groups in total. The van der Waals surface area contributed by atoms with E-state index >= 15 is 0 Å². The third-order valence-corrected chi connectivity index (χ3v) is 4.23. The monoisotopic (exact) mass is 391 g/mol. The summed E-state index contributed by atoms with van der Waals surface area (Å²) >= 11 is 0. The Morgan fingerprint density at radius 2 is 1.96 bits per heavy atom. The largest absolute Gasteiger partial charge is 0.486 e. The maximum atomic E-state index is 12.3. The van der Waals surface area contributed by atoms with Crippen LogP contribution in [0.2, 0.25) is 0 Å². The topological polar surface area (TPSA) is 123 Å². The SMILES string of the molecule is CCNC(=O)NC(=O)COC(=O)[C@H]1CC(=O)N(c2ccc3c(c2)OCCO3)C1. The molecule has 0 unspecified atom stereocenters. The van der Waals surface area contributed by atoms with Crippen molar-refractivity contribution in [3.05, 3.63) is 18.2 Å². The molecule has 2 aliphatic rings. The predicted molar refractivity (Wildman–Crippen MR) is 96.1 cm³/mol. The van der Waals surface area contributed by atoms with Gasteiger partial charge >= 0.3 is 12.0 Å². The average molecular weight is 391 g/mol. The summed E-state index contributed by atoms with van der Waals surface area (Å²) in [6.45, 7) is 2.50. The van der Waals surface area contributed by atoms with E-state index in [2.05, 4.69) is 5.32 Å². The highest BCUT2D eigenvalue weighted by Gasteiger charge is 2.36. The highest BCUT2D eigenvalue weighted by Crippen LogP contribution is 2.36. The van der Waals surface area contributed by atoms with Gasteiger partial charge in [0.1, 0.15) is 13.2 Å². The van der Waals surface area contributed by atoms with Gasteiger partial charge < -0.3 is 24.4 Å². The molecule has 1 aromatic carbocycles. The molecular formula is C18H21N3O7. The van der Waals surface area contributed by atoms with Gasteiger partial charge in [-0.1, -0.05) is 0 Å². The number of anilines is 1. The van der Waals surface area contributed by atoms with E-state index in [9.17, 15) is 19.2 Å². The van der Waals surface area contributed by atoms with Gasteiger partial charge in [0, 0.05) is 31.3 Å². The van der Waals surface area contributed by atoms with Gasteiger partial charge in [-0.05, 0) is 19.1 Å². The summed E-state index contributed by atoms with van der Waals surface area (Å²) in [6.07, 6.45) is -0.0226. The van der Waals surface area contributed by atoms with Crippen molar-refractivity contribution in [2.45, 2.75) is 13.3 Å². The summed E-state index contributed by atoms with van der Waals surface area (Å²) in [5.74, 6) is -1.18. The van der Waals surface area contributed by atoms with Crippen LogP contribution in [0.4, 0.5) is 10.5 Å². The number of hydrogen-bond donors (Lipinski definition) is 2. The Morgan fingerprint density at radius 3 is 2.71 bits per heavy atom. The fourth-order valence-corrected chi connectivity index (χ4v) is 2.94. The molecule has 0 spiro atoms. The number of amides is 4. The fourth-order valence-electron chi connectivity index (χ4n) is 2.94. The van der Waals surface area contributed by atoms with E-state index in [1.807, 2.05) is 5.32 Å². The molecule has 2 heterocycles. The van der Waals surface area contributed by atoms with Gasteiger partial charge in [0.2, 0.25) is 5.91 Å². The first-order chi connectivity index (χ1) is 13.5. The van der Waals surface area contributed by atoms with Crippen LogP contribution in [0.25, 0.3) is 0 Å². The Balaban J connectivity index is 1.54. The molecule has 0 aromatic heterocycles. The van der Waals surface area contributed by atoms with Crippen molar-refractivity contribution >= 4 is 29.5 Å². The minimum absolute atomic E-state index is 0.0226. The lowest BCUT2D eigenvalue weighted by molar-refractivity contribution is -0.152. The lowest BCUT2D eigenvalue weighted by atomic mass is 10.1. The zero-order valence-corrected chi connectivity index (χ0v) is 15.4. The van der Waals surface area contributed by atoms with E-state index in [-0.39, 0.29) is 18.9 Å². The number of esters is 1. The molecule has 150 valence electrons. The highest BCUT2D eigenvalue weighted by atomic mass is 16.6. The van der Waals surface area contributed by atoms with Gasteiger partial charge in [0.15, 0.2) is 18.1 Å². The number of ether oxygens (including phenoxy) is 3. The summed E-state index contributed by atoms with van der Waals surface area (Å²) in [5, 5.41) is 4.42. The Hall–Kier alpha value is -3.30. The van der Waals surface area contributed by atoms with E-state index in [1.165, 1.54) is 4.90 Å². The first-order valence-corrected chi connectivity index (χ1v) is 8.92. The molecule has 1 atom stereocenters. The number of imide groups is 1. The number of carbonyl (C=O) groups is 4. The van der Waals surface area contributed by atoms with E-state index in [1.54, 1.807) is 25.1 Å². The Bertz CT molecular complexity index is 795. The number of hydrogen-bond acceptors (Lipinski definition) is 7. The standard InChI is InChI=1S/C18H21N3O7/c1-2-19-18(25)20-15(22)10-28-17(24)11-7-16(23)21(9-11)12-3-4-13-14(8-12)27-6-5-26-13/h3-4,8,11H,2,5-7,9-10H2,1H3,(H2,19,20,22,25)/t11-/m0/s1. The molecular weight excluding hydrogens is 370 g/mol. The zero-order chi connectivity index (χ0) is 20.1. The molecule has 28 heavy (non-hydrogen) atoms. The lowest BCUT2D eigenvalue weighted by Crippen LogP contribution is -2.41. The van der Waals surface area contributed by atoms with E-state index in [0.29, 0.717) is 36.9 Å². The van der Waals surface area contributed by atoms with Crippen LogP contribution in [0.5, 0.6) is 11.5 Å². The summed E-state index contributed by atoms with van der Waals surface area (Å²) in [6, 6.07) is 4.47. The first-order valence-electron chi connectivity index (χ1n) is 8.92. The summed E-state index contributed by atoms with van der Waals surface area (Å²) in [7, 11) is 0. The van der Waals surface area contributed by atoms with Crippen LogP contribution in [-0.4, -0.2) is 56.7 Å². The van der Waals surface area contributed by atoms with Gasteiger partial charge in [-0.25, -0.2) is 4.79 Å². The van der Waals surface area contributed by atoms with E-state index < -0.39 is 30.4 Å². The van der Waals surface area contributed by atoms with Crippen LogP contribution in [0.1, 0.15) is 13.3 Å².